The van der Waals surface area contributed by atoms with Crippen molar-refractivity contribution < 1.29 is 14.9 Å². The molecule has 0 amide bonds. The van der Waals surface area contributed by atoms with E-state index in [1.165, 1.54) is 17.2 Å². The second-order valence-corrected chi connectivity index (χ2v) is 4.90. The molecule has 0 unspecified atom stereocenters. The zero-order valence-corrected chi connectivity index (χ0v) is 11.2. The van der Waals surface area contributed by atoms with Gasteiger partial charge in [0.1, 0.15) is 12.2 Å². The number of aromatic nitrogens is 4. The van der Waals surface area contributed by atoms with Crippen molar-refractivity contribution in [2.45, 2.75) is 24.5 Å². The Bertz CT molecular complexity index is 656. The molecular weight excluding hydrogens is 320 g/mol. The van der Waals surface area contributed by atoms with Crippen molar-refractivity contribution in [3.05, 3.63) is 23.0 Å². The van der Waals surface area contributed by atoms with E-state index in [-0.39, 0.29) is 11.1 Å². The fourth-order valence-electron chi connectivity index (χ4n) is 2.14. The number of rotatable bonds is 2. The largest absolute Gasteiger partial charge is 0.387 e. The molecule has 0 spiro atoms. The lowest BCUT2D eigenvalue weighted by Gasteiger charge is -2.16. The van der Waals surface area contributed by atoms with Gasteiger partial charge in [0, 0.05) is 5.33 Å². The maximum atomic E-state index is 11.5. The van der Waals surface area contributed by atoms with Gasteiger partial charge in [-0.2, -0.15) is 0 Å². The summed E-state index contributed by atoms with van der Waals surface area (Å²) in [6.45, 7) is 0. The Balaban J connectivity index is 2.06. The van der Waals surface area contributed by atoms with Gasteiger partial charge < -0.3 is 19.9 Å². The zero-order chi connectivity index (χ0) is 13.6. The molecule has 4 atom stereocenters. The first-order valence-corrected chi connectivity index (χ1v) is 6.73. The molecule has 0 aliphatic carbocycles. The highest BCUT2D eigenvalue weighted by Crippen LogP contribution is 2.31. The van der Waals surface area contributed by atoms with Crippen molar-refractivity contribution in [2.24, 2.45) is 0 Å². The number of ether oxygens (including phenoxy) is 1. The van der Waals surface area contributed by atoms with E-state index in [4.69, 9.17) is 4.74 Å². The van der Waals surface area contributed by atoms with Crippen LogP contribution >= 0.6 is 15.9 Å². The summed E-state index contributed by atoms with van der Waals surface area (Å²) < 4.78 is 7.00. The predicted octanol–water partition coefficient (Wildman–Crippen LogP) is -0.866. The standard InChI is InChI=1S/C10H11BrN4O4/c11-1-4-6(16)7(17)10(19-4)15-3-14-5-8(15)12-2-13-9(5)18/h2-4,6-7,10,16-17H,1H2,(H,12,13,18)/t4-,6-,7-,10-/m1/s1. The van der Waals surface area contributed by atoms with Crippen LogP contribution < -0.4 is 5.56 Å². The molecule has 0 bridgehead atoms. The highest BCUT2D eigenvalue weighted by Gasteiger charge is 2.43. The summed E-state index contributed by atoms with van der Waals surface area (Å²) in [7, 11) is 0. The number of hydrogen-bond donors (Lipinski definition) is 3. The summed E-state index contributed by atoms with van der Waals surface area (Å²) in [5.74, 6) is 0. The van der Waals surface area contributed by atoms with E-state index in [9.17, 15) is 15.0 Å². The number of H-pyrrole nitrogens is 1. The van der Waals surface area contributed by atoms with Gasteiger partial charge in [0.15, 0.2) is 17.4 Å². The Morgan fingerprint density at radius 3 is 2.89 bits per heavy atom. The minimum absolute atomic E-state index is 0.162. The first-order valence-electron chi connectivity index (χ1n) is 5.61. The number of fused-ring (bicyclic) bond motifs is 1. The molecule has 2 aromatic rings. The van der Waals surface area contributed by atoms with Crippen LogP contribution in [-0.2, 0) is 4.74 Å². The SMILES string of the molecule is O=c1[nH]cnc2c1ncn2[C@@H]1O[C@H](CBr)[C@@H](O)[C@H]1O. The molecule has 102 valence electrons. The molecule has 3 heterocycles. The van der Waals surface area contributed by atoms with E-state index in [1.807, 2.05) is 0 Å². The maximum absolute atomic E-state index is 11.5. The summed E-state index contributed by atoms with van der Waals surface area (Å²) in [6.07, 6.45) is -0.853. The second kappa shape index (κ2) is 4.67. The van der Waals surface area contributed by atoms with Gasteiger partial charge in [-0.15, -0.1) is 0 Å². The Morgan fingerprint density at radius 1 is 1.42 bits per heavy atom. The van der Waals surface area contributed by atoms with E-state index in [2.05, 4.69) is 30.9 Å². The number of aliphatic hydroxyl groups excluding tert-OH is 2. The van der Waals surface area contributed by atoms with Crippen molar-refractivity contribution in [1.82, 2.24) is 19.5 Å². The quantitative estimate of drug-likeness (QED) is 0.617. The molecule has 1 saturated heterocycles. The van der Waals surface area contributed by atoms with Crippen molar-refractivity contribution in [3.63, 3.8) is 0 Å². The molecule has 1 aliphatic rings. The van der Waals surface area contributed by atoms with Crippen LogP contribution in [0, 0.1) is 0 Å². The van der Waals surface area contributed by atoms with Crippen molar-refractivity contribution in [1.29, 1.82) is 0 Å². The smallest absolute Gasteiger partial charge is 0.278 e. The van der Waals surface area contributed by atoms with Crippen LogP contribution in [0.2, 0.25) is 0 Å². The molecule has 0 aromatic carbocycles. The molecule has 0 radical (unpaired) electrons. The number of nitrogens with one attached hydrogen (secondary N) is 1. The number of aliphatic hydroxyl groups is 2. The number of alkyl halides is 1. The third kappa shape index (κ3) is 1.89. The fourth-order valence-corrected chi connectivity index (χ4v) is 2.67. The molecule has 1 fully saturated rings. The van der Waals surface area contributed by atoms with Gasteiger partial charge >= 0.3 is 0 Å². The molecule has 19 heavy (non-hydrogen) atoms. The number of nitrogens with zero attached hydrogens (tertiary/aromatic N) is 3. The number of imidazole rings is 1. The van der Waals surface area contributed by atoms with E-state index >= 15 is 0 Å². The highest BCUT2D eigenvalue weighted by molar-refractivity contribution is 9.09. The van der Waals surface area contributed by atoms with Gasteiger partial charge in [0.2, 0.25) is 0 Å². The van der Waals surface area contributed by atoms with Gasteiger partial charge in [-0.05, 0) is 0 Å². The molecule has 9 heteroatoms. The summed E-state index contributed by atoms with van der Waals surface area (Å²) >= 11 is 3.20. The Morgan fingerprint density at radius 2 is 2.21 bits per heavy atom. The van der Waals surface area contributed by atoms with E-state index < -0.39 is 24.5 Å². The Kier molecular flexibility index (Phi) is 3.13. The third-order valence-corrected chi connectivity index (χ3v) is 3.77. The van der Waals surface area contributed by atoms with Crippen molar-refractivity contribution in [3.8, 4) is 0 Å². The molecule has 3 N–H and O–H groups in total. The van der Waals surface area contributed by atoms with Crippen molar-refractivity contribution in [2.75, 3.05) is 5.33 Å². The first-order chi connectivity index (χ1) is 9.13. The van der Waals surface area contributed by atoms with Crippen LogP contribution in [0.1, 0.15) is 6.23 Å². The fraction of sp³-hybridized carbons (Fsp3) is 0.500. The van der Waals surface area contributed by atoms with Crippen molar-refractivity contribution >= 4 is 27.1 Å². The predicted molar refractivity (Wildman–Crippen MR) is 67.9 cm³/mol. The van der Waals surface area contributed by atoms with Crippen LogP contribution in [0.3, 0.4) is 0 Å². The van der Waals surface area contributed by atoms with Gasteiger partial charge in [-0.25, -0.2) is 9.97 Å². The average molecular weight is 331 g/mol. The topological polar surface area (TPSA) is 113 Å². The van der Waals surface area contributed by atoms with Gasteiger partial charge in [0.05, 0.1) is 18.8 Å². The minimum Gasteiger partial charge on any atom is -0.387 e. The molecule has 2 aromatic heterocycles. The van der Waals surface area contributed by atoms with Crippen LogP contribution in [-0.4, -0.2) is 53.4 Å². The van der Waals surface area contributed by atoms with Gasteiger partial charge in [-0.3, -0.25) is 9.36 Å². The molecule has 0 saturated carbocycles. The Labute approximate surface area is 115 Å². The number of hydrogen-bond acceptors (Lipinski definition) is 6. The molecule has 8 nitrogen and oxygen atoms in total. The third-order valence-electron chi connectivity index (χ3n) is 3.13. The summed E-state index contributed by atoms with van der Waals surface area (Å²) in [5, 5.41) is 20.2. The normalized spacial score (nSPS) is 31.1. The molecular formula is C10H11BrN4O4. The molecule has 1 aliphatic heterocycles. The van der Waals surface area contributed by atoms with Crippen LogP contribution in [0.5, 0.6) is 0 Å². The monoisotopic (exact) mass is 330 g/mol. The van der Waals surface area contributed by atoms with Crippen LogP contribution in [0.15, 0.2) is 17.4 Å². The molecule has 3 rings (SSSR count). The Hall–Kier alpha value is -1.29. The summed E-state index contributed by atoms with van der Waals surface area (Å²) in [6, 6.07) is 0. The van der Waals surface area contributed by atoms with Gasteiger partial charge in [0.25, 0.3) is 5.56 Å². The lowest BCUT2D eigenvalue weighted by Crippen LogP contribution is -2.32. The number of aromatic amines is 1. The lowest BCUT2D eigenvalue weighted by atomic mass is 10.1. The maximum Gasteiger partial charge on any atom is 0.278 e. The van der Waals surface area contributed by atoms with E-state index in [0.29, 0.717) is 11.0 Å². The van der Waals surface area contributed by atoms with E-state index in [0.717, 1.165) is 0 Å². The summed E-state index contributed by atoms with van der Waals surface area (Å²) in [4.78, 5) is 21.9. The second-order valence-electron chi connectivity index (χ2n) is 4.26. The minimum atomic E-state index is -1.11. The summed E-state index contributed by atoms with van der Waals surface area (Å²) in [5.41, 5.74) is 0.0964. The zero-order valence-electron chi connectivity index (χ0n) is 9.60. The van der Waals surface area contributed by atoms with Crippen LogP contribution in [0.4, 0.5) is 0 Å². The van der Waals surface area contributed by atoms with Gasteiger partial charge in [-0.1, -0.05) is 15.9 Å². The lowest BCUT2D eigenvalue weighted by molar-refractivity contribution is -0.0286. The van der Waals surface area contributed by atoms with E-state index in [1.54, 1.807) is 0 Å². The van der Waals surface area contributed by atoms with Crippen LogP contribution in [0.25, 0.3) is 11.2 Å². The average Bonchev–Trinajstić information content (AvgIpc) is 2.94. The first kappa shape index (κ1) is 12.7. The number of halogens is 1. The highest BCUT2D eigenvalue weighted by atomic mass is 79.9.